The van der Waals surface area contributed by atoms with Crippen LogP contribution in [0.15, 0.2) is 36.4 Å². The minimum atomic E-state index is -0.0890. The van der Waals surface area contributed by atoms with Crippen molar-refractivity contribution in [3.8, 4) is 11.3 Å². The number of H-pyrrole nitrogens is 1. The lowest BCUT2D eigenvalue weighted by Crippen LogP contribution is -2.52. The highest BCUT2D eigenvalue weighted by Crippen LogP contribution is 2.33. The van der Waals surface area contributed by atoms with Crippen LogP contribution in [-0.4, -0.2) is 59.3 Å². The highest BCUT2D eigenvalue weighted by Gasteiger charge is 2.36. The van der Waals surface area contributed by atoms with Gasteiger partial charge in [0.2, 0.25) is 0 Å². The van der Waals surface area contributed by atoms with E-state index in [1.165, 1.54) is 12.8 Å². The Hall–Kier alpha value is -2.34. The van der Waals surface area contributed by atoms with Crippen molar-refractivity contribution in [3.63, 3.8) is 0 Å². The Morgan fingerprint density at radius 2 is 1.89 bits per heavy atom. The first-order chi connectivity index (χ1) is 12.9. The van der Waals surface area contributed by atoms with Crippen LogP contribution in [0.25, 0.3) is 11.3 Å². The van der Waals surface area contributed by atoms with Crippen molar-refractivity contribution in [2.24, 2.45) is 0 Å². The maximum absolute atomic E-state index is 12.7. The molecule has 1 unspecified atom stereocenters. The number of aromatic nitrogens is 2. The SMILES string of the molecule is CC(c1cc(-c2ccccc2)n[nH]1)N(C)C(=O)NCC1(N(C)C)CCCC1. The van der Waals surface area contributed by atoms with Gasteiger partial charge in [-0.1, -0.05) is 43.2 Å². The monoisotopic (exact) mass is 369 g/mol. The van der Waals surface area contributed by atoms with Gasteiger partial charge in [0.1, 0.15) is 0 Å². The number of urea groups is 1. The molecular formula is C21H31N5O. The zero-order valence-corrected chi connectivity index (χ0v) is 16.8. The van der Waals surface area contributed by atoms with Crippen LogP contribution >= 0.6 is 0 Å². The molecule has 2 aromatic rings. The molecule has 1 aliphatic carbocycles. The fourth-order valence-corrected chi connectivity index (χ4v) is 3.87. The second-order valence-corrected chi connectivity index (χ2v) is 7.85. The molecule has 1 heterocycles. The van der Waals surface area contributed by atoms with E-state index in [9.17, 15) is 4.79 Å². The number of amides is 2. The van der Waals surface area contributed by atoms with Gasteiger partial charge in [-0.15, -0.1) is 0 Å². The second-order valence-electron chi connectivity index (χ2n) is 7.85. The molecule has 0 spiro atoms. The first-order valence-electron chi connectivity index (χ1n) is 9.72. The van der Waals surface area contributed by atoms with Gasteiger partial charge in [0.15, 0.2) is 0 Å². The van der Waals surface area contributed by atoms with Crippen molar-refractivity contribution in [3.05, 3.63) is 42.1 Å². The first kappa shape index (κ1) is 19.4. The molecule has 1 aromatic carbocycles. The Balaban J connectivity index is 1.62. The van der Waals surface area contributed by atoms with Crippen molar-refractivity contribution >= 4 is 6.03 Å². The molecule has 0 bridgehead atoms. The van der Waals surface area contributed by atoms with Crippen LogP contribution in [0.1, 0.15) is 44.3 Å². The van der Waals surface area contributed by atoms with Gasteiger partial charge in [-0.05, 0) is 39.9 Å². The van der Waals surface area contributed by atoms with Gasteiger partial charge in [-0.2, -0.15) is 5.10 Å². The molecule has 2 amide bonds. The lowest BCUT2D eigenvalue weighted by molar-refractivity contribution is 0.145. The third-order valence-electron chi connectivity index (χ3n) is 6.07. The molecule has 1 saturated carbocycles. The average molecular weight is 370 g/mol. The molecule has 27 heavy (non-hydrogen) atoms. The molecule has 0 radical (unpaired) electrons. The van der Waals surface area contributed by atoms with Crippen LogP contribution in [0.3, 0.4) is 0 Å². The molecule has 1 atom stereocenters. The van der Waals surface area contributed by atoms with Crippen LogP contribution in [0.4, 0.5) is 4.79 Å². The molecular weight excluding hydrogens is 338 g/mol. The maximum Gasteiger partial charge on any atom is 0.317 e. The third kappa shape index (κ3) is 4.16. The summed E-state index contributed by atoms with van der Waals surface area (Å²) >= 11 is 0. The highest BCUT2D eigenvalue weighted by molar-refractivity contribution is 5.74. The predicted octanol–water partition coefficient (Wildman–Crippen LogP) is 3.65. The summed E-state index contributed by atoms with van der Waals surface area (Å²) in [5.41, 5.74) is 2.97. The van der Waals surface area contributed by atoms with Crippen LogP contribution in [0.5, 0.6) is 0 Å². The Morgan fingerprint density at radius 1 is 1.22 bits per heavy atom. The average Bonchev–Trinajstić information content (AvgIpc) is 3.36. The van der Waals surface area contributed by atoms with Crippen LogP contribution in [-0.2, 0) is 0 Å². The summed E-state index contributed by atoms with van der Waals surface area (Å²) in [4.78, 5) is 16.7. The fourth-order valence-electron chi connectivity index (χ4n) is 3.87. The molecule has 6 nitrogen and oxygen atoms in total. The number of carbonyl (C=O) groups is 1. The Labute approximate surface area is 161 Å². The lowest BCUT2D eigenvalue weighted by atomic mass is 9.96. The van der Waals surface area contributed by atoms with Crippen LogP contribution < -0.4 is 5.32 Å². The van der Waals surface area contributed by atoms with Crippen molar-refractivity contribution in [2.45, 2.75) is 44.2 Å². The summed E-state index contributed by atoms with van der Waals surface area (Å²) in [6.07, 6.45) is 4.74. The number of likely N-dealkylation sites (N-methyl/N-ethyl adjacent to an activating group) is 1. The lowest BCUT2D eigenvalue weighted by Gasteiger charge is -2.37. The summed E-state index contributed by atoms with van der Waals surface area (Å²) < 4.78 is 0. The molecule has 3 rings (SSSR count). The smallest absolute Gasteiger partial charge is 0.317 e. The van der Waals surface area contributed by atoms with Crippen molar-refractivity contribution in [1.29, 1.82) is 0 Å². The Kier molecular flexibility index (Phi) is 5.85. The molecule has 0 aliphatic heterocycles. The number of nitrogens with one attached hydrogen (secondary N) is 2. The van der Waals surface area contributed by atoms with E-state index >= 15 is 0 Å². The molecule has 146 valence electrons. The molecule has 1 aromatic heterocycles. The zero-order chi connectivity index (χ0) is 19.4. The van der Waals surface area contributed by atoms with E-state index in [1.54, 1.807) is 4.90 Å². The van der Waals surface area contributed by atoms with Crippen molar-refractivity contribution in [2.75, 3.05) is 27.7 Å². The van der Waals surface area contributed by atoms with Crippen molar-refractivity contribution < 1.29 is 4.79 Å². The minimum absolute atomic E-state index is 0.0495. The number of carbonyl (C=O) groups excluding carboxylic acids is 1. The van der Waals surface area contributed by atoms with Crippen LogP contribution in [0.2, 0.25) is 0 Å². The summed E-state index contributed by atoms with van der Waals surface area (Å²) in [6.45, 7) is 2.70. The normalized spacial score (nSPS) is 17.1. The predicted molar refractivity (Wildman–Crippen MR) is 108 cm³/mol. The van der Waals surface area contributed by atoms with Gasteiger partial charge in [0, 0.05) is 24.7 Å². The fraction of sp³-hybridized carbons (Fsp3) is 0.524. The van der Waals surface area contributed by atoms with Gasteiger partial charge in [-0.25, -0.2) is 4.79 Å². The van der Waals surface area contributed by atoms with Crippen molar-refractivity contribution in [1.82, 2.24) is 25.3 Å². The molecule has 1 aliphatic rings. The highest BCUT2D eigenvalue weighted by atomic mass is 16.2. The standard InChI is InChI=1S/C21H31N5O/c1-16(18-14-19(24-23-18)17-10-6-5-7-11-17)26(4)20(27)22-15-21(25(2)3)12-8-9-13-21/h5-7,10-11,14,16H,8-9,12-13,15H2,1-4H3,(H,22,27)(H,23,24). The largest absolute Gasteiger partial charge is 0.336 e. The van der Waals surface area contributed by atoms with Gasteiger partial charge < -0.3 is 15.1 Å². The number of nitrogens with zero attached hydrogens (tertiary/aromatic N) is 3. The molecule has 1 fully saturated rings. The van der Waals surface area contributed by atoms with E-state index in [0.717, 1.165) is 29.8 Å². The van der Waals surface area contributed by atoms with Gasteiger partial charge >= 0.3 is 6.03 Å². The van der Waals surface area contributed by atoms with Gasteiger partial charge in [0.25, 0.3) is 0 Å². The van der Waals surface area contributed by atoms with E-state index in [0.29, 0.717) is 6.54 Å². The summed E-state index contributed by atoms with van der Waals surface area (Å²) in [6, 6.07) is 11.9. The third-order valence-corrected chi connectivity index (χ3v) is 6.07. The van der Waals surface area contributed by atoms with Gasteiger partial charge in [-0.3, -0.25) is 5.10 Å². The van der Waals surface area contributed by atoms with E-state index in [1.807, 2.05) is 50.4 Å². The van der Waals surface area contributed by atoms with Crippen LogP contribution in [0, 0.1) is 0 Å². The zero-order valence-electron chi connectivity index (χ0n) is 16.8. The summed E-state index contributed by atoms with van der Waals surface area (Å²) in [5, 5.41) is 10.6. The number of aromatic amines is 1. The second kappa shape index (κ2) is 8.13. The number of hydrogen-bond acceptors (Lipinski definition) is 3. The molecule has 6 heteroatoms. The number of benzene rings is 1. The molecule has 2 N–H and O–H groups in total. The van der Waals surface area contributed by atoms with E-state index in [-0.39, 0.29) is 17.6 Å². The van der Waals surface area contributed by atoms with E-state index < -0.39 is 0 Å². The topological polar surface area (TPSA) is 64.3 Å². The quantitative estimate of drug-likeness (QED) is 0.817. The summed E-state index contributed by atoms with van der Waals surface area (Å²) in [5.74, 6) is 0. The van der Waals surface area contributed by atoms with E-state index in [4.69, 9.17) is 0 Å². The maximum atomic E-state index is 12.7. The Morgan fingerprint density at radius 3 is 2.52 bits per heavy atom. The number of hydrogen-bond donors (Lipinski definition) is 2. The number of rotatable bonds is 6. The summed E-state index contributed by atoms with van der Waals surface area (Å²) in [7, 11) is 6.05. The Bertz CT molecular complexity index is 749. The van der Waals surface area contributed by atoms with Gasteiger partial charge in [0.05, 0.1) is 17.4 Å². The van der Waals surface area contributed by atoms with E-state index in [2.05, 4.69) is 34.5 Å². The molecule has 0 saturated heterocycles. The first-order valence-corrected chi connectivity index (χ1v) is 9.72. The minimum Gasteiger partial charge on any atom is -0.336 e.